The fourth-order valence-corrected chi connectivity index (χ4v) is 2.45. The zero-order valence-electron chi connectivity index (χ0n) is 11.8. The monoisotopic (exact) mass is 299 g/mol. The summed E-state index contributed by atoms with van der Waals surface area (Å²) in [4.78, 5) is 13.6. The van der Waals surface area contributed by atoms with E-state index in [1.807, 2.05) is 0 Å². The molecule has 1 aliphatic rings. The van der Waals surface area contributed by atoms with Gasteiger partial charge in [0.15, 0.2) is 5.78 Å². The van der Waals surface area contributed by atoms with E-state index < -0.39 is 11.7 Å². The predicted octanol–water partition coefficient (Wildman–Crippen LogP) is 3.60. The van der Waals surface area contributed by atoms with E-state index >= 15 is 0 Å². The summed E-state index contributed by atoms with van der Waals surface area (Å²) >= 11 is 0. The molecule has 6 heteroatoms. The summed E-state index contributed by atoms with van der Waals surface area (Å²) in [6.07, 6.45) is -3.19. The van der Waals surface area contributed by atoms with Crippen LogP contribution < -0.4 is 9.64 Å². The van der Waals surface area contributed by atoms with Crippen molar-refractivity contribution in [3.63, 3.8) is 0 Å². The van der Waals surface area contributed by atoms with Crippen LogP contribution in [0.15, 0.2) is 29.8 Å². The minimum Gasteiger partial charge on any atom is -0.496 e. The molecule has 0 spiro atoms. The molecule has 0 atom stereocenters. The van der Waals surface area contributed by atoms with Crippen LogP contribution in [0.5, 0.6) is 5.75 Å². The second-order valence-electron chi connectivity index (χ2n) is 4.83. The van der Waals surface area contributed by atoms with Crippen LogP contribution in [0.4, 0.5) is 18.9 Å². The number of carbonyl (C=O) groups excluding carboxylic acids is 1. The molecule has 0 amide bonds. The van der Waals surface area contributed by atoms with Crippen molar-refractivity contribution in [2.45, 2.75) is 19.5 Å². The van der Waals surface area contributed by atoms with E-state index in [9.17, 15) is 18.0 Å². The molecule has 0 aromatic heterocycles. The summed E-state index contributed by atoms with van der Waals surface area (Å²) in [5.41, 5.74) is 0.509. The number of hydrogen-bond acceptors (Lipinski definition) is 3. The largest absolute Gasteiger partial charge is 0.496 e. The molecule has 2 rings (SSSR count). The zero-order chi connectivity index (χ0) is 15.6. The normalized spacial score (nSPS) is 15.7. The number of carbonyl (C=O) groups is 1. The number of Topliss-reactive ketones (excluding diaryl/α,β-unsaturated/α-hetero) is 1. The molecule has 21 heavy (non-hydrogen) atoms. The molecule has 1 aliphatic heterocycles. The quantitative estimate of drug-likeness (QED) is 0.631. The summed E-state index contributed by atoms with van der Waals surface area (Å²) in [7, 11) is 1.46. The molecule has 1 aromatic carbocycles. The standard InChI is InChI=1S/C15H16F3NO2/c1-10(20)14-12(4-3-5-13(14)21-2)19-8-6-11(7-9-19)15(16,17)18/h3-6H,7-9H2,1-2H3. The van der Waals surface area contributed by atoms with Crippen LogP contribution in [-0.4, -0.2) is 32.2 Å². The molecule has 0 saturated carbocycles. The zero-order valence-corrected chi connectivity index (χ0v) is 11.8. The van der Waals surface area contributed by atoms with Crippen molar-refractivity contribution in [3.05, 3.63) is 35.4 Å². The summed E-state index contributed by atoms with van der Waals surface area (Å²) in [6.45, 7) is 1.77. The molecular formula is C15H16F3NO2. The molecule has 1 aromatic rings. The fourth-order valence-electron chi connectivity index (χ4n) is 2.45. The van der Waals surface area contributed by atoms with Crippen LogP contribution in [0, 0.1) is 0 Å². The fraction of sp³-hybridized carbons (Fsp3) is 0.400. The van der Waals surface area contributed by atoms with E-state index in [0.29, 0.717) is 17.0 Å². The van der Waals surface area contributed by atoms with Gasteiger partial charge in [-0.1, -0.05) is 12.1 Å². The highest BCUT2D eigenvalue weighted by molar-refractivity contribution is 6.02. The molecule has 0 unspecified atom stereocenters. The summed E-state index contributed by atoms with van der Waals surface area (Å²) in [6, 6.07) is 5.12. The van der Waals surface area contributed by atoms with Gasteiger partial charge in [0, 0.05) is 18.7 Å². The number of hydrogen-bond donors (Lipinski definition) is 0. The van der Waals surface area contributed by atoms with Crippen molar-refractivity contribution in [1.29, 1.82) is 0 Å². The van der Waals surface area contributed by atoms with Gasteiger partial charge in [0.05, 0.1) is 18.4 Å². The third kappa shape index (κ3) is 3.20. The van der Waals surface area contributed by atoms with Crippen molar-refractivity contribution in [2.75, 3.05) is 25.1 Å². The molecule has 0 aliphatic carbocycles. The van der Waals surface area contributed by atoms with E-state index in [2.05, 4.69) is 0 Å². The van der Waals surface area contributed by atoms with Gasteiger partial charge < -0.3 is 9.64 Å². The SMILES string of the molecule is COc1cccc(N2CC=C(C(F)(F)F)CC2)c1C(C)=O. The maximum Gasteiger partial charge on any atom is 0.412 e. The van der Waals surface area contributed by atoms with Gasteiger partial charge in [-0.25, -0.2) is 0 Å². The maximum absolute atomic E-state index is 12.6. The first kappa shape index (κ1) is 15.4. The Balaban J connectivity index is 2.33. The lowest BCUT2D eigenvalue weighted by Gasteiger charge is -2.30. The number of nitrogens with zero attached hydrogens (tertiary/aromatic N) is 1. The van der Waals surface area contributed by atoms with Gasteiger partial charge in [-0.2, -0.15) is 13.2 Å². The Morgan fingerprint density at radius 3 is 2.52 bits per heavy atom. The van der Waals surface area contributed by atoms with E-state index in [1.54, 1.807) is 23.1 Å². The first-order valence-corrected chi connectivity index (χ1v) is 6.53. The number of rotatable bonds is 3. The van der Waals surface area contributed by atoms with Gasteiger partial charge in [0.25, 0.3) is 0 Å². The second-order valence-corrected chi connectivity index (χ2v) is 4.83. The molecule has 1 heterocycles. The highest BCUT2D eigenvalue weighted by Crippen LogP contribution is 2.34. The Morgan fingerprint density at radius 1 is 1.33 bits per heavy atom. The molecule has 0 radical (unpaired) electrons. The highest BCUT2D eigenvalue weighted by atomic mass is 19.4. The Labute approximate surface area is 121 Å². The Bertz CT molecular complexity index is 579. The highest BCUT2D eigenvalue weighted by Gasteiger charge is 2.35. The molecule has 3 nitrogen and oxygen atoms in total. The van der Waals surface area contributed by atoms with Gasteiger partial charge in [-0.05, 0) is 25.5 Å². The molecule has 0 fully saturated rings. The predicted molar refractivity (Wildman–Crippen MR) is 74.0 cm³/mol. The van der Waals surface area contributed by atoms with Crippen LogP contribution in [0.2, 0.25) is 0 Å². The minimum atomic E-state index is -4.27. The number of anilines is 1. The molecule has 0 bridgehead atoms. The average Bonchev–Trinajstić information content (AvgIpc) is 2.45. The third-order valence-electron chi connectivity index (χ3n) is 3.49. The van der Waals surface area contributed by atoms with E-state index in [1.165, 1.54) is 20.1 Å². The van der Waals surface area contributed by atoms with Gasteiger partial charge in [0.1, 0.15) is 5.75 Å². The Hall–Kier alpha value is -1.98. The Morgan fingerprint density at radius 2 is 2.05 bits per heavy atom. The van der Waals surface area contributed by atoms with Crippen LogP contribution in [-0.2, 0) is 0 Å². The van der Waals surface area contributed by atoms with Crippen molar-refractivity contribution in [2.24, 2.45) is 0 Å². The van der Waals surface area contributed by atoms with E-state index in [-0.39, 0.29) is 25.3 Å². The van der Waals surface area contributed by atoms with Crippen molar-refractivity contribution in [3.8, 4) is 5.75 Å². The smallest absolute Gasteiger partial charge is 0.412 e. The number of benzene rings is 1. The number of alkyl halides is 3. The summed E-state index contributed by atoms with van der Waals surface area (Å²) in [5.74, 6) is 0.263. The number of ketones is 1. The first-order chi connectivity index (χ1) is 9.84. The van der Waals surface area contributed by atoms with Crippen molar-refractivity contribution in [1.82, 2.24) is 0 Å². The summed E-state index contributed by atoms with van der Waals surface area (Å²) in [5, 5.41) is 0. The second kappa shape index (κ2) is 5.79. The lowest BCUT2D eigenvalue weighted by atomic mass is 10.0. The van der Waals surface area contributed by atoms with Gasteiger partial charge in [-0.15, -0.1) is 0 Å². The first-order valence-electron chi connectivity index (χ1n) is 6.53. The van der Waals surface area contributed by atoms with Crippen LogP contribution in [0.1, 0.15) is 23.7 Å². The average molecular weight is 299 g/mol. The minimum absolute atomic E-state index is 0.0853. The van der Waals surface area contributed by atoms with Gasteiger partial charge in [0.2, 0.25) is 0 Å². The molecule has 0 N–H and O–H groups in total. The lowest BCUT2D eigenvalue weighted by molar-refractivity contribution is -0.0944. The lowest BCUT2D eigenvalue weighted by Crippen LogP contribution is -2.32. The van der Waals surface area contributed by atoms with Gasteiger partial charge in [-0.3, -0.25) is 4.79 Å². The van der Waals surface area contributed by atoms with Gasteiger partial charge >= 0.3 is 6.18 Å². The maximum atomic E-state index is 12.6. The molecular weight excluding hydrogens is 283 g/mol. The number of ether oxygens (including phenoxy) is 1. The Kier molecular flexibility index (Phi) is 4.25. The van der Waals surface area contributed by atoms with Crippen LogP contribution >= 0.6 is 0 Å². The van der Waals surface area contributed by atoms with Crippen LogP contribution in [0.3, 0.4) is 0 Å². The van der Waals surface area contributed by atoms with Crippen molar-refractivity contribution >= 4 is 11.5 Å². The summed E-state index contributed by atoms with van der Waals surface area (Å²) < 4.78 is 43.1. The topological polar surface area (TPSA) is 29.5 Å². The molecule has 0 saturated heterocycles. The third-order valence-corrected chi connectivity index (χ3v) is 3.49. The van der Waals surface area contributed by atoms with E-state index in [0.717, 1.165) is 0 Å². The number of methoxy groups -OCH3 is 1. The van der Waals surface area contributed by atoms with Crippen molar-refractivity contribution < 1.29 is 22.7 Å². The molecule has 114 valence electrons. The van der Waals surface area contributed by atoms with E-state index in [4.69, 9.17) is 4.74 Å². The van der Waals surface area contributed by atoms with Crippen LogP contribution in [0.25, 0.3) is 0 Å². The number of halogens is 3.